The molecular weight excluding hydrogens is 391 g/mol. The minimum Gasteiger partial charge on any atom is -0.462 e. The number of benzene rings is 2. The summed E-state index contributed by atoms with van der Waals surface area (Å²) in [4.78, 5) is 36.4. The highest BCUT2D eigenvalue weighted by molar-refractivity contribution is 6.39. The van der Waals surface area contributed by atoms with Crippen molar-refractivity contribution in [3.63, 3.8) is 0 Å². The minimum absolute atomic E-state index is 0.226. The molecule has 156 valence electrons. The Bertz CT molecular complexity index is 1120. The smallest absolute Gasteiger partial charge is 0.338 e. The molecule has 2 amide bonds. The van der Waals surface area contributed by atoms with Crippen LogP contribution in [-0.2, 0) is 14.3 Å². The van der Waals surface area contributed by atoms with Gasteiger partial charge in [0.25, 0.3) is 0 Å². The summed E-state index contributed by atoms with van der Waals surface area (Å²) in [6, 6.07) is 9.62. The van der Waals surface area contributed by atoms with Crippen LogP contribution in [0.25, 0.3) is 11.0 Å². The van der Waals surface area contributed by atoms with Crippen LogP contribution in [0.15, 0.2) is 46.9 Å². The van der Waals surface area contributed by atoms with Crippen molar-refractivity contribution in [2.45, 2.75) is 26.8 Å². The van der Waals surface area contributed by atoms with Gasteiger partial charge in [0.15, 0.2) is 0 Å². The van der Waals surface area contributed by atoms with E-state index in [-0.39, 0.29) is 23.7 Å². The lowest BCUT2D eigenvalue weighted by Crippen LogP contribution is -2.37. The summed E-state index contributed by atoms with van der Waals surface area (Å²) in [5.74, 6) is -2.26. The second-order valence-electron chi connectivity index (χ2n) is 6.68. The van der Waals surface area contributed by atoms with Gasteiger partial charge in [-0.15, -0.1) is 0 Å². The number of amides is 2. The quantitative estimate of drug-likeness (QED) is 0.490. The molecule has 0 radical (unpaired) electrons. The summed E-state index contributed by atoms with van der Waals surface area (Å²) in [5, 5.41) is 5.61. The van der Waals surface area contributed by atoms with Gasteiger partial charge in [-0.25, -0.2) is 9.18 Å². The van der Waals surface area contributed by atoms with Crippen molar-refractivity contribution < 1.29 is 27.9 Å². The molecule has 8 heteroatoms. The SMILES string of the molecule is CCOC(=O)c1cccc(NC(=O)C(=O)NC(C)c2oc3ccc(F)cc3c2C)c1. The van der Waals surface area contributed by atoms with Gasteiger partial charge in [0.05, 0.1) is 18.2 Å². The number of rotatable bonds is 5. The predicted molar refractivity (Wildman–Crippen MR) is 108 cm³/mol. The number of carbonyl (C=O) groups excluding carboxylic acids is 3. The minimum atomic E-state index is -0.900. The van der Waals surface area contributed by atoms with Gasteiger partial charge in [-0.1, -0.05) is 6.07 Å². The van der Waals surface area contributed by atoms with Crippen molar-refractivity contribution in [1.29, 1.82) is 0 Å². The molecule has 30 heavy (non-hydrogen) atoms. The van der Waals surface area contributed by atoms with Gasteiger partial charge in [0, 0.05) is 16.6 Å². The zero-order valence-corrected chi connectivity index (χ0v) is 16.7. The monoisotopic (exact) mass is 412 g/mol. The third-order valence-corrected chi connectivity index (χ3v) is 4.51. The maximum absolute atomic E-state index is 13.5. The molecule has 0 fully saturated rings. The molecule has 1 atom stereocenters. The van der Waals surface area contributed by atoms with Crippen LogP contribution in [0.4, 0.5) is 10.1 Å². The van der Waals surface area contributed by atoms with Gasteiger partial charge in [0.2, 0.25) is 0 Å². The third-order valence-electron chi connectivity index (χ3n) is 4.51. The summed E-state index contributed by atoms with van der Waals surface area (Å²) in [6.07, 6.45) is 0. The lowest BCUT2D eigenvalue weighted by atomic mass is 10.1. The van der Waals surface area contributed by atoms with E-state index >= 15 is 0 Å². The van der Waals surface area contributed by atoms with Gasteiger partial charge < -0.3 is 19.8 Å². The largest absolute Gasteiger partial charge is 0.462 e. The number of hydrogen-bond acceptors (Lipinski definition) is 5. The van der Waals surface area contributed by atoms with E-state index in [2.05, 4.69) is 10.6 Å². The van der Waals surface area contributed by atoms with E-state index in [0.717, 1.165) is 0 Å². The predicted octanol–water partition coefficient (Wildman–Crippen LogP) is 3.87. The molecule has 2 N–H and O–H groups in total. The first-order chi connectivity index (χ1) is 14.3. The second-order valence-corrected chi connectivity index (χ2v) is 6.68. The van der Waals surface area contributed by atoms with Gasteiger partial charge in [-0.2, -0.15) is 0 Å². The molecule has 3 rings (SSSR count). The molecule has 1 aromatic heterocycles. The van der Waals surface area contributed by atoms with Crippen molar-refractivity contribution >= 4 is 34.4 Å². The number of furan rings is 1. The van der Waals surface area contributed by atoms with Crippen LogP contribution < -0.4 is 10.6 Å². The number of nitrogens with one attached hydrogen (secondary N) is 2. The van der Waals surface area contributed by atoms with Crippen LogP contribution in [0, 0.1) is 12.7 Å². The fourth-order valence-corrected chi connectivity index (χ4v) is 3.08. The van der Waals surface area contributed by atoms with E-state index in [1.807, 2.05) is 0 Å². The number of hydrogen-bond donors (Lipinski definition) is 2. The summed E-state index contributed by atoms with van der Waals surface area (Å²) in [6.45, 7) is 5.33. The number of aryl methyl sites for hydroxylation is 1. The molecule has 2 aromatic carbocycles. The van der Waals surface area contributed by atoms with Crippen LogP contribution in [0.3, 0.4) is 0 Å². The lowest BCUT2D eigenvalue weighted by molar-refractivity contribution is -0.136. The second kappa shape index (κ2) is 8.77. The first kappa shape index (κ1) is 21.0. The Balaban J connectivity index is 1.69. The van der Waals surface area contributed by atoms with Crippen LogP contribution in [0.1, 0.15) is 41.6 Å². The van der Waals surface area contributed by atoms with E-state index < -0.39 is 23.8 Å². The number of halogens is 1. The van der Waals surface area contributed by atoms with E-state index in [1.165, 1.54) is 24.3 Å². The third kappa shape index (κ3) is 4.48. The van der Waals surface area contributed by atoms with Gasteiger partial charge >= 0.3 is 17.8 Å². The van der Waals surface area contributed by atoms with Crippen LogP contribution in [-0.4, -0.2) is 24.4 Å². The molecule has 0 saturated heterocycles. The van der Waals surface area contributed by atoms with Gasteiger partial charge in [0.1, 0.15) is 17.2 Å². The van der Waals surface area contributed by atoms with Crippen molar-refractivity contribution in [2.75, 3.05) is 11.9 Å². The van der Waals surface area contributed by atoms with Gasteiger partial charge in [-0.05, 0) is 57.2 Å². The summed E-state index contributed by atoms with van der Waals surface area (Å²) < 4.78 is 24.1. The maximum atomic E-state index is 13.5. The first-order valence-corrected chi connectivity index (χ1v) is 9.37. The average Bonchev–Trinajstić information content (AvgIpc) is 3.04. The van der Waals surface area contributed by atoms with Crippen LogP contribution >= 0.6 is 0 Å². The highest BCUT2D eigenvalue weighted by atomic mass is 19.1. The molecule has 1 heterocycles. The molecule has 0 bridgehead atoms. The first-order valence-electron chi connectivity index (χ1n) is 9.37. The number of anilines is 1. The summed E-state index contributed by atoms with van der Waals surface area (Å²) >= 11 is 0. The Morgan fingerprint density at radius 1 is 1.13 bits per heavy atom. The summed E-state index contributed by atoms with van der Waals surface area (Å²) in [5.41, 5.74) is 1.71. The normalized spacial score (nSPS) is 11.7. The Kier molecular flexibility index (Phi) is 6.15. The molecule has 0 saturated carbocycles. The Morgan fingerprint density at radius 3 is 2.63 bits per heavy atom. The lowest BCUT2D eigenvalue weighted by Gasteiger charge is -2.13. The molecule has 0 aliphatic carbocycles. The Labute approximate surface area is 172 Å². The maximum Gasteiger partial charge on any atom is 0.338 e. The molecule has 0 spiro atoms. The van der Waals surface area contributed by atoms with E-state index in [9.17, 15) is 18.8 Å². The highest BCUT2D eigenvalue weighted by Gasteiger charge is 2.22. The van der Waals surface area contributed by atoms with E-state index in [1.54, 1.807) is 39.0 Å². The Morgan fingerprint density at radius 2 is 1.90 bits per heavy atom. The van der Waals surface area contributed by atoms with E-state index in [4.69, 9.17) is 9.15 Å². The molecule has 1 unspecified atom stereocenters. The van der Waals surface area contributed by atoms with Crippen molar-refractivity contribution in [1.82, 2.24) is 5.32 Å². The fourth-order valence-electron chi connectivity index (χ4n) is 3.08. The molecule has 7 nitrogen and oxygen atoms in total. The van der Waals surface area contributed by atoms with Crippen molar-refractivity contribution in [3.8, 4) is 0 Å². The number of esters is 1. The van der Waals surface area contributed by atoms with Crippen LogP contribution in [0.5, 0.6) is 0 Å². The number of carbonyl (C=O) groups is 3. The van der Waals surface area contributed by atoms with E-state index in [0.29, 0.717) is 22.3 Å². The van der Waals surface area contributed by atoms with Crippen LogP contribution in [0.2, 0.25) is 0 Å². The standard InChI is InChI=1S/C22H21FN2O5/c1-4-29-22(28)14-6-5-7-16(10-14)25-21(27)20(26)24-13(3)19-12(2)17-11-15(23)8-9-18(17)30-19/h5-11,13H,4H2,1-3H3,(H,24,26)(H,25,27). The zero-order chi connectivity index (χ0) is 21.8. The molecule has 3 aromatic rings. The molecule has 0 aliphatic heterocycles. The Hall–Kier alpha value is -3.68. The number of fused-ring (bicyclic) bond motifs is 1. The van der Waals surface area contributed by atoms with Crippen molar-refractivity contribution in [2.24, 2.45) is 0 Å². The summed E-state index contributed by atoms with van der Waals surface area (Å²) in [7, 11) is 0. The number of ether oxygens (including phenoxy) is 1. The van der Waals surface area contributed by atoms with Crippen molar-refractivity contribution in [3.05, 3.63) is 65.2 Å². The molecule has 0 aliphatic rings. The average molecular weight is 412 g/mol. The topological polar surface area (TPSA) is 97.6 Å². The van der Waals surface area contributed by atoms with Gasteiger partial charge in [-0.3, -0.25) is 9.59 Å². The highest BCUT2D eigenvalue weighted by Crippen LogP contribution is 2.29. The molecular formula is C22H21FN2O5. The fraction of sp³-hybridized carbons (Fsp3) is 0.227. The zero-order valence-electron chi connectivity index (χ0n) is 16.7.